The third-order valence-corrected chi connectivity index (χ3v) is 3.22. The molecular weight excluding hydrogens is 168 g/mol. The van der Waals surface area contributed by atoms with Gasteiger partial charge in [0, 0.05) is 39.3 Å². The molecule has 0 spiro atoms. The van der Waals surface area contributed by atoms with Gasteiger partial charge >= 0.3 is 0 Å². The second-order valence-electron chi connectivity index (χ2n) is 3.00. The molecule has 1 fully saturated rings. The van der Waals surface area contributed by atoms with E-state index >= 15 is 0 Å². The Morgan fingerprint density at radius 2 is 1.25 bits per heavy atom. The molecule has 0 bridgehead atoms. The summed E-state index contributed by atoms with van der Waals surface area (Å²) in [7, 11) is -0.0418. The zero-order chi connectivity index (χ0) is 8.49. The monoisotopic (exact) mass is 188 g/mol. The molecule has 0 saturated carbocycles. The zero-order valence-corrected chi connectivity index (χ0v) is 9.07. The normalized spacial score (nSPS) is 26.0. The van der Waals surface area contributed by atoms with Gasteiger partial charge in [-0.2, -0.15) is 0 Å². The molecule has 0 aromatic carbocycles. The summed E-state index contributed by atoms with van der Waals surface area (Å²) in [5, 5.41) is 10.2. The Morgan fingerprint density at radius 3 is 2.00 bits per heavy atom. The van der Waals surface area contributed by atoms with Crippen molar-refractivity contribution in [2.45, 2.75) is 0 Å². The molecule has 0 atom stereocenters. The molecule has 1 saturated heterocycles. The maximum absolute atomic E-state index is 3.50. The fraction of sp³-hybridized carbons (Fsp3) is 1.00. The summed E-state index contributed by atoms with van der Waals surface area (Å²) >= 11 is 0. The lowest BCUT2D eigenvalue weighted by molar-refractivity contribution is 0.587. The van der Waals surface area contributed by atoms with Crippen LogP contribution in [0, 0.1) is 0 Å². The number of rotatable bonds is 0. The Kier molecular flexibility index (Phi) is 6.50. The third-order valence-electron chi connectivity index (χ3n) is 1.91. The minimum absolute atomic E-state index is 0.0418. The SMILES string of the molecule is C1CNCCN[SiH2]CNCCN1. The van der Waals surface area contributed by atoms with Crippen molar-refractivity contribution in [2.75, 3.05) is 45.4 Å². The van der Waals surface area contributed by atoms with Crippen molar-refractivity contribution in [3.8, 4) is 0 Å². The smallest absolute Gasteiger partial charge is 0.105 e. The first-order valence-corrected chi connectivity index (χ1v) is 6.54. The van der Waals surface area contributed by atoms with Crippen LogP contribution in [0.5, 0.6) is 0 Å². The van der Waals surface area contributed by atoms with E-state index in [1.165, 1.54) is 6.17 Å². The minimum atomic E-state index is -0.0418. The molecule has 0 unspecified atom stereocenters. The average molecular weight is 188 g/mol. The molecule has 0 aliphatic carbocycles. The molecule has 4 N–H and O–H groups in total. The van der Waals surface area contributed by atoms with Crippen LogP contribution in [0.15, 0.2) is 0 Å². The van der Waals surface area contributed by atoms with Crippen LogP contribution in [0.25, 0.3) is 0 Å². The molecule has 72 valence electrons. The van der Waals surface area contributed by atoms with E-state index in [1.807, 2.05) is 0 Å². The molecule has 0 aromatic heterocycles. The maximum atomic E-state index is 3.50. The van der Waals surface area contributed by atoms with Crippen LogP contribution < -0.4 is 20.9 Å². The Labute approximate surface area is 76.8 Å². The van der Waals surface area contributed by atoms with Crippen LogP contribution in [-0.4, -0.2) is 55.1 Å². The fourth-order valence-corrected chi connectivity index (χ4v) is 2.24. The Hall–Kier alpha value is 0.0569. The van der Waals surface area contributed by atoms with Gasteiger partial charge in [0.05, 0.1) is 0 Å². The van der Waals surface area contributed by atoms with E-state index in [4.69, 9.17) is 0 Å². The van der Waals surface area contributed by atoms with Crippen LogP contribution in [0.2, 0.25) is 0 Å². The first-order chi connectivity index (χ1) is 6.00. The van der Waals surface area contributed by atoms with Gasteiger partial charge in [0.2, 0.25) is 0 Å². The van der Waals surface area contributed by atoms with E-state index in [-0.39, 0.29) is 9.68 Å². The summed E-state index contributed by atoms with van der Waals surface area (Å²) in [6, 6.07) is 0. The van der Waals surface area contributed by atoms with Crippen molar-refractivity contribution >= 4 is 9.68 Å². The van der Waals surface area contributed by atoms with E-state index < -0.39 is 0 Å². The van der Waals surface area contributed by atoms with Crippen molar-refractivity contribution in [1.82, 2.24) is 20.9 Å². The summed E-state index contributed by atoms with van der Waals surface area (Å²) in [6.45, 7) is 6.61. The highest BCUT2D eigenvalue weighted by Crippen LogP contribution is 1.64. The van der Waals surface area contributed by atoms with E-state index in [0.29, 0.717) is 0 Å². The van der Waals surface area contributed by atoms with Crippen LogP contribution in [0.1, 0.15) is 0 Å². The lowest BCUT2D eigenvalue weighted by atomic mass is 10.5. The predicted octanol–water partition coefficient (Wildman–Crippen LogP) is -2.60. The van der Waals surface area contributed by atoms with E-state index in [1.54, 1.807) is 0 Å². The number of hydrogen-bond donors (Lipinski definition) is 4. The Morgan fingerprint density at radius 1 is 0.667 bits per heavy atom. The summed E-state index contributed by atoms with van der Waals surface area (Å²) in [5.41, 5.74) is 0. The fourth-order valence-electron chi connectivity index (χ4n) is 1.21. The van der Waals surface area contributed by atoms with E-state index in [9.17, 15) is 0 Å². The van der Waals surface area contributed by atoms with Gasteiger partial charge < -0.3 is 20.9 Å². The predicted molar refractivity (Wildman–Crippen MR) is 55.2 cm³/mol. The summed E-state index contributed by atoms with van der Waals surface area (Å²) in [4.78, 5) is 3.50. The van der Waals surface area contributed by atoms with Crippen LogP contribution in [0.3, 0.4) is 0 Å². The lowest BCUT2D eigenvalue weighted by Crippen LogP contribution is -2.41. The van der Waals surface area contributed by atoms with Crippen molar-refractivity contribution < 1.29 is 0 Å². The van der Waals surface area contributed by atoms with Gasteiger partial charge in [0.15, 0.2) is 0 Å². The standard InChI is InChI=1S/C7H20N4Si/c1-2-9-5-6-11-12-7-10-4-3-8-1/h8-11H,1-7,12H2. The highest BCUT2D eigenvalue weighted by atomic mass is 28.2. The van der Waals surface area contributed by atoms with Crippen LogP contribution in [0.4, 0.5) is 0 Å². The minimum Gasteiger partial charge on any atom is -0.340 e. The third kappa shape index (κ3) is 5.67. The molecule has 0 aromatic rings. The van der Waals surface area contributed by atoms with Crippen LogP contribution in [-0.2, 0) is 0 Å². The summed E-state index contributed by atoms with van der Waals surface area (Å²) in [5.74, 6) is 0. The second kappa shape index (κ2) is 7.69. The molecule has 5 heteroatoms. The Balaban J connectivity index is 2.00. The van der Waals surface area contributed by atoms with Gasteiger partial charge in [-0.15, -0.1) is 0 Å². The van der Waals surface area contributed by atoms with E-state index in [2.05, 4.69) is 20.9 Å². The van der Waals surface area contributed by atoms with Crippen LogP contribution >= 0.6 is 0 Å². The molecule has 12 heavy (non-hydrogen) atoms. The first kappa shape index (κ1) is 10.1. The van der Waals surface area contributed by atoms with Gasteiger partial charge in [0.1, 0.15) is 9.68 Å². The van der Waals surface area contributed by atoms with Gasteiger partial charge in [-0.1, -0.05) is 0 Å². The van der Waals surface area contributed by atoms with Gasteiger partial charge in [-0.3, -0.25) is 0 Å². The van der Waals surface area contributed by atoms with Crippen molar-refractivity contribution in [3.63, 3.8) is 0 Å². The van der Waals surface area contributed by atoms with Gasteiger partial charge in [-0.25, -0.2) is 0 Å². The maximum Gasteiger partial charge on any atom is 0.105 e. The molecule has 0 amide bonds. The molecule has 4 nitrogen and oxygen atoms in total. The average Bonchev–Trinajstić information content (AvgIpc) is 2.05. The highest BCUT2D eigenvalue weighted by Gasteiger charge is 1.92. The van der Waals surface area contributed by atoms with Crippen molar-refractivity contribution in [2.24, 2.45) is 0 Å². The summed E-state index contributed by atoms with van der Waals surface area (Å²) in [6.07, 6.45) is 1.21. The molecule has 0 radical (unpaired) electrons. The lowest BCUT2D eigenvalue weighted by Gasteiger charge is -2.10. The molecule has 1 rings (SSSR count). The van der Waals surface area contributed by atoms with Crippen molar-refractivity contribution in [1.29, 1.82) is 0 Å². The van der Waals surface area contributed by atoms with Crippen molar-refractivity contribution in [3.05, 3.63) is 0 Å². The van der Waals surface area contributed by atoms with E-state index in [0.717, 1.165) is 39.3 Å². The topological polar surface area (TPSA) is 48.1 Å². The van der Waals surface area contributed by atoms with Gasteiger partial charge in [0.25, 0.3) is 0 Å². The van der Waals surface area contributed by atoms with Gasteiger partial charge in [-0.05, 0) is 6.17 Å². The molecule has 1 aliphatic rings. The molecule has 1 aliphatic heterocycles. The first-order valence-electron chi connectivity index (χ1n) is 4.83. The largest absolute Gasteiger partial charge is 0.340 e. The molecule has 1 heterocycles. The zero-order valence-electron chi connectivity index (χ0n) is 7.66. The number of hydrogen-bond acceptors (Lipinski definition) is 4. The highest BCUT2D eigenvalue weighted by molar-refractivity contribution is 6.32. The Bertz CT molecular complexity index is 58.4. The molecular formula is C7H20N4Si. The second-order valence-corrected chi connectivity index (χ2v) is 4.50. The quantitative estimate of drug-likeness (QED) is 0.315. The summed E-state index contributed by atoms with van der Waals surface area (Å²) < 4.78 is 0. The number of nitrogens with one attached hydrogen (secondary N) is 4.